The normalized spacial score (nSPS) is 15.7. The first kappa shape index (κ1) is 14.1. The van der Waals surface area contributed by atoms with Crippen LogP contribution in [-0.2, 0) is 0 Å². The number of carbonyl (C=O) groups is 1. The number of hydrogen-bond acceptors (Lipinski definition) is 4. The number of thiazole rings is 1. The van der Waals surface area contributed by atoms with E-state index in [9.17, 15) is 4.79 Å². The van der Waals surface area contributed by atoms with Gasteiger partial charge < -0.3 is 10.0 Å². The summed E-state index contributed by atoms with van der Waals surface area (Å²) in [5, 5.41) is 12.1. The van der Waals surface area contributed by atoms with Gasteiger partial charge in [-0.2, -0.15) is 0 Å². The van der Waals surface area contributed by atoms with E-state index in [1.165, 1.54) is 25.7 Å². The lowest BCUT2D eigenvalue weighted by atomic mass is 10.1. The molecule has 1 saturated heterocycles. The first-order valence-electron chi connectivity index (χ1n) is 7.28. The average molecular weight is 302 g/mol. The van der Waals surface area contributed by atoms with Gasteiger partial charge in [0.15, 0.2) is 5.13 Å². The lowest BCUT2D eigenvalue weighted by molar-refractivity contribution is 0.0697. The summed E-state index contributed by atoms with van der Waals surface area (Å²) in [6.45, 7) is 2.14. The lowest BCUT2D eigenvalue weighted by Crippen LogP contribution is -2.23. The molecule has 4 nitrogen and oxygen atoms in total. The summed E-state index contributed by atoms with van der Waals surface area (Å²) in [7, 11) is 0. The Kier molecular flexibility index (Phi) is 4.20. The first-order chi connectivity index (χ1) is 10.2. The number of carboxylic acid groups (broad SMARTS) is 1. The molecular weight excluding hydrogens is 284 g/mol. The molecule has 0 unspecified atom stereocenters. The van der Waals surface area contributed by atoms with Crippen LogP contribution in [0.15, 0.2) is 29.6 Å². The summed E-state index contributed by atoms with van der Waals surface area (Å²) in [5.41, 5.74) is 2.03. The summed E-state index contributed by atoms with van der Waals surface area (Å²) >= 11 is 1.64. The van der Waals surface area contributed by atoms with E-state index < -0.39 is 5.97 Å². The Bertz CT molecular complexity index is 631. The SMILES string of the molecule is O=C(O)c1cccc(-c2csc(N3CCCCCC3)n2)c1. The number of carboxylic acids is 1. The van der Waals surface area contributed by atoms with Crippen molar-refractivity contribution in [3.8, 4) is 11.3 Å². The molecule has 1 aromatic carbocycles. The zero-order valence-corrected chi connectivity index (χ0v) is 12.6. The maximum Gasteiger partial charge on any atom is 0.335 e. The molecule has 1 aromatic heterocycles. The monoisotopic (exact) mass is 302 g/mol. The second-order valence-electron chi connectivity index (χ2n) is 5.30. The highest BCUT2D eigenvalue weighted by molar-refractivity contribution is 7.14. The molecule has 110 valence electrons. The van der Waals surface area contributed by atoms with Crippen LogP contribution in [0.4, 0.5) is 5.13 Å². The molecule has 3 rings (SSSR count). The summed E-state index contributed by atoms with van der Waals surface area (Å²) in [6.07, 6.45) is 5.05. The van der Waals surface area contributed by atoms with E-state index in [-0.39, 0.29) is 0 Å². The zero-order valence-electron chi connectivity index (χ0n) is 11.8. The quantitative estimate of drug-likeness (QED) is 0.934. The Labute approximate surface area is 128 Å². The Morgan fingerprint density at radius 2 is 1.95 bits per heavy atom. The predicted molar refractivity (Wildman–Crippen MR) is 85.2 cm³/mol. The van der Waals surface area contributed by atoms with Crippen LogP contribution >= 0.6 is 11.3 Å². The van der Waals surface area contributed by atoms with Gasteiger partial charge in [-0.15, -0.1) is 11.3 Å². The topological polar surface area (TPSA) is 53.4 Å². The number of rotatable bonds is 3. The predicted octanol–water partition coefficient (Wildman–Crippen LogP) is 3.89. The Hall–Kier alpha value is -1.88. The summed E-state index contributed by atoms with van der Waals surface area (Å²) in [4.78, 5) is 18.1. The third-order valence-electron chi connectivity index (χ3n) is 3.77. The van der Waals surface area contributed by atoms with Crippen molar-refractivity contribution in [2.45, 2.75) is 25.7 Å². The van der Waals surface area contributed by atoms with Crippen molar-refractivity contribution in [1.29, 1.82) is 0 Å². The van der Waals surface area contributed by atoms with Crippen molar-refractivity contribution in [1.82, 2.24) is 4.98 Å². The van der Waals surface area contributed by atoms with Crippen LogP contribution in [0, 0.1) is 0 Å². The fourth-order valence-corrected chi connectivity index (χ4v) is 3.50. The van der Waals surface area contributed by atoms with Crippen LogP contribution in [0.1, 0.15) is 36.0 Å². The Morgan fingerprint density at radius 1 is 1.19 bits per heavy atom. The number of hydrogen-bond donors (Lipinski definition) is 1. The first-order valence-corrected chi connectivity index (χ1v) is 8.16. The van der Waals surface area contributed by atoms with E-state index in [1.54, 1.807) is 29.5 Å². The molecule has 0 spiro atoms. The molecule has 1 fully saturated rings. The van der Waals surface area contributed by atoms with Crippen LogP contribution in [0.5, 0.6) is 0 Å². The zero-order chi connectivity index (χ0) is 14.7. The van der Waals surface area contributed by atoms with E-state index in [0.717, 1.165) is 29.5 Å². The summed E-state index contributed by atoms with van der Waals surface area (Å²) < 4.78 is 0. The van der Waals surface area contributed by atoms with Gasteiger partial charge in [-0.25, -0.2) is 9.78 Å². The van der Waals surface area contributed by atoms with Gasteiger partial charge in [0.1, 0.15) is 0 Å². The Morgan fingerprint density at radius 3 is 2.67 bits per heavy atom. The van der Waals surface area contributed by atoms with Crippen LogP contribution in [0.25, 0.3) is 11.3 Å². The molecule has 0 saturated carbocycles. The van der Waals surface area contributed by atoms with Crippen LogP contribution in [0.2, 0.25) is 0 Å². The molecule has 0 radical (unpaired) electrons. The molecule has 0 bridgehead atoms. The van der Waals surface area contributed by atoms with Crippen LogP contribution in [-0.4, -0.2) is 29.1 Å². The highest BCUT2D eigenvalue weighted by atomic mass is 32.1. The van der Waals surface area contributed by atoms with E-state index in [1.807, 2.05) is 11.4 Å². The molecule has 2 aromatic rings. The highest BCUT2D eigenvalue weighted by Gasteiger charge is 2.14. The number of aromatic nitrogens is 1. The van der Waals surface area contributed by atoms with Gasteiger partial charge >= 0.3 is 5.97 Å². The molecule has 0 amide bonds. The van der Waals surface area contributed by atoms with Gasteiger partial charge in [-0.3, -0.25) is 0 Å². The fourth-order valence-electron chi connectivity index (χ4n) is 2.62. The van der Waals surface area contributed by atoms with Crippen molar-refractivity contribution in [2.75, 3.05) is 18.0 Å². The van der Waals surface area contributed by atoms with Crippen LogP contribution < -0.4 is 4.90 Å². The smallest absolute Gasteiger partial charge is 0.335 e. The third kappa shape index (κ3) is 3.24. The third-order valence-corrected chi connectivity index (χ3v) is 4.68. The summed E-state index contributed by atoms with van der Waals surface area (Å²) in [6, 6.07) is 6.97. The van der Waals surface area contributed by atoms with Crippen molar-refractivity contribution in [3.63, 3.8) is 0 Å². The molecule has 5 heteroatoms. The number of anilines is 1. The maximum absolute atomic E-state index is 11.0. The van der Waals surface area contributed by atoms with Crippen molar-refractivity contribution >= 4 is 22.4 Å². The molecule has 1 aliphatic heterocycles. The van der Waals surface area contributed by atoms with Crippen molar-refractivity contribution in [3.05, 3.63) is 35.2 Å². The number of benzene rings is 1. The molecule has 1 aliphatic rings. The largest absolute Gasteiger partial charge is 0.478 e. The van der Waals surface area contributed by atoms with Gasteiger partial charge in [0.25, 0.3) is 0 Å². The molecule has 0 aliphatic carbocycles. The van der Waals surface area contributed by atoms with Crippen LogP contribution in [0.3, 0.4) is 0 Å². The van der Waals surface area contributed by atoms with E-state index >= 15 is 0 Å². The van der Waals surface area contributed by atoms with E-state index in [0.29, 0.717) is 5.56 Å². The van der Waals surface area contributed by atoms with Gasteiger partial charge in [0.2, 0.25) is 0 Å². The fraction of sp³-hybridized carbons (Fsp3) is 0.375. The summed E-state index contributed by atoms with van der Waals surface area (Å²) in [5.74, 6) is -0.903. The minimum absolute atomic E-state index is 0.303. The molecule has 21 heavy (non-hydrogen) atoms. The van der Waals surface area contributed by atoms with Gasteiger partial charge in [0.05, 0.1) is 11.3 Å². The van der Waals surface area contributed by atoms with Crippen molar-refractivity contribution < 1.29 is 9.90 Å². The van der Waals surface area contributed by atoms with E-state index in [2.05, 4.69) is 4.90 Å². The second kappa shape index (κ2) is 6.26. The molecule has 0 atom stereocenters. The maximum atomic E-state index is 11.0. The second-order valence-corrected chi connectivity index (χ2v) is 6.14. The molecule has 1 N–H and O–H groups in total. The Balaban J connectivity index is 1.84. The molecule has 2 heterocycles. The van der Waals surface area contributed by atoms with Gasteiger partial charge in [-0.1, -0.05) is 25.0 Å². The minimum Gasteiger partial charge on any atom is -0.478 e. The number of aromatic carboxylic acids is 1. The van der Waals surface area contributed by atoms with Crippen molar-refractivity contribution in [2.24, 2.45) is 0 Å². The molecular formula is C16H18N2O2S. The van der Waals surface area contributed by atoms with E-state index in [4.69, 9.17) is 10.1 Å². The minimum atomic E-state index is -0.903. The average Bonchev–Trinajstić information content (AvgIpc) is 2.83. The number of nitrogens with zero attached hydrogens (tertiary/aromatic N) is 2. The standard InChI is InChI=1S/C16H18N2O2S/c19-15(20)13-7-5-6-12(10-13)14-11-21-16(17-14)18-8-3-1-2-4-9-18/h5-7,10-11H,1-4,8-9H2,(H,19,20). The lowest BCUT2D eigenvalue weighted by Gasteiger charge is -2.18. The van der Waals surface area contributed by atoms with Gasteiger partial charge in [0, 0.05) is 24.0 Å². The van der Waals surface area contributed by atoms with Gasteiger partial charge in [-0.05, 0) is 25.0 Å². The highest BCUT2D eigenvalue weighted by Crippen LogP contribution is 2.29.